The predicted octanol–water partition coefficient (Wildman–Crippen LogP) is 4.06. The lowest BCUT2D eigenvalue weighted by Crippen LogP contribution is -2.10. The molecule has 4 heteroatoms. The number of aryl methyl sites for hydroxylation is 1. The van der Waals surface area contributed by atoms with Gasteiger partial charge in [0, 0.05) is 12.1 Å². The molecule has 0 bridgehead atoms. The molecule has 0 atom stereocenters. The summed E-state index contributed by atoms with van der Waals surface area (Å²) in [5.74, 6) is 2.55. The van der Waals surface area contributed by atoms with Crippen molar-refractivity contribution in [1.29, 1.82) is 0 Å². The second kappa shape index (κ2) is 6.33. The second-order valence-electron chi connectivity index (χ2n) is 5.09. The van der Waals surface area contributed by atoms with Crippen molar-refractivity contribution in [2.24, 2.45) is 5.92 Å². The van der Waals surface area contributed by atoms with Crippen LogP contribution in [0, 0.1) is 5.92 Å². The normalized spacial score (nSPS) is 11.2. The van der Waals surface area contributed by atoms with Crippen LogP contribution < -0.4 is 0 Å². The molecule has 102 valence electrons. The molecule has 0 aliphatic rings. The number of benzene rings is 1. The van der Waals surface area contributed by atoms with Crippen molar-refractivity contribution >= 4 is 15.9 Å². The van der Waals surface area contributed by atoms with Gasteiger partial charge in [-0.3, -0.25) is 0 Å². The van der Waals surface area contributed by atoms with E-state index in [1.54, 1.807) is 0 Å². The maximum atomic E-state index is 4.40. The largest absolute Gasteiger partial charge is 0.310 e. The summed E-state index contributed by atoms with van der Waals surface area (Å²) in [5.41, 5.74) is 2.52. The van der Waals surface area contributed by atoms with Crippen LogP contribution in [0.5, 0.6) is 0 Å². The molecule has 0 aliphatic heterocycles. The van der Waals surface area contributed by atoms with Gasteiger partial charge in [-0.1, -0.05) is 61.0 Å². The number of nitrogens with zero attached hydrogens (tertiary/aromatic N) is 3. The molecule has 0 radical (unpaired) electrons. The summed E-state index contributed by atoms with van der Waals surface area (Å²) in [4.78, 5) is 0. The van der Waals surface area contributed by atoms with Crippen LogP contribution in [0.3, 0.4) is 0 Å². The van der Waals surface area contributed by atoms with Gasteiger partial charge in [0.15, 0.2) is 5.82 Å². The monoisotopic (exact) mass is 321 g/mol. The Bertz CT molecular complexity index is 546. The number of hydrogen-bond donors (Lipinski definition) is 0. The Hall–Kier alpha value is -1.16. The van der Waals surface area contributed by atoms with Gasteiger partial charge in [0.2, 0.25) is 0 Å². The molecule has 0 spiro atoms. The fourth-order valence-corrected chi connectivity index (χ4v) is 2.65. The quantitative estimate of drug-likeness (QED) is 0.777. The third-order valence-corrected chi connectivity index (χ3v) is 3.64. The van der Waals surface area contributed by atoms with E-state index in [-0.39, 0.29) is 0 Å². The first-order valence-corrected chi connectivity index (χ1v) is 7.85. The van der Waals surface area contributed by atoms with E-state index in [1.807, 2.05) is 0 Å². The molecule has 2 aromatic rings. The average molecular weight is 322 g/mol. The zero-order valence-electron chi connectivity index (χ0n) is 11.7. The third-order valence-electron chi connectivity index (χ3n) is 3.13. The molecule has 0 aliphatic carbocycles. The molecule has 0 amide bonds. The molecular formula is C15H20BrN3. The Morgan fingerprint density at radius 2 is 1.95 bits per heavy atom. The molecule has 0 N–H and O–H groups in total. The van der Waals surface area contributed by atoms with Crippen LogP contribution in [0.2, 0.25) is 0 Å². The topological polar surface area (TPSA) is 30.7 Å². The zero-order valence-corrected chi connectivity index (χ0v) is 13.3. The Kier molecular flexibility index (Phi) is 4.75. The molecule has 19 heavy (non-hydrogen) atoms. The van der Waals surface area contributed by atoms with E-state index < -0.39 is 0 Å². The molecule has 1 aromatic heterocycles. The molecule has 0 saturated heterocycles. The van der Waals surface area contributed by atoms with Crippen LogP contribution in [0.1, 0.15) is 32.2 Å². The highest BCUT2D eigenvalue weighted by Gasteiger charge is 2.15. The maximum absolute atomic E-state index is 4.40. The Balaban J connectivity index is 2.52. The molecule has 0 unspecified atom stereocenters. The van der Waals surface area contributed by atoms with E-state index in [1.165, 1.54) is 11.1 Å². The van der Waals surface area contributed by atoms with Crippen LogP contribution in [-0.4, -0.2) is 14.8 Å². The summed E-state index contributed by atoms with van der Waals surface area (Å²) >= 11 is 3.50. The van der Waals surface area contributed by atoms with Gasteiger partial charge in [0.25, 0.3) is 0 Å². The fourth-order valence-electron chi connectivity index (χ4n) is 2.24. The zero-order chi connectivity index (χ0) is 13.8. The van der Waals surface area contributed by atoms with Crippen LogP contribution in [0.4, 0.5) is 0 Å². The molecule has 1 heterocycles. The average Bonchev–Trinajstić information content (AvgIpc) is 2.80. The van der Waals surface area contributed by atoms with Crippen molar-refractivity contribution in [2.45, 2.75) is 39.1 Å². The van der Waals surface area contributed by atoms with Gasteiger partial charge in [-0.2, -0.15) is 0 Å². The summed E-state index contributed by atoms with van der Waals surface area (Å²) in [5, 5.41) is 9.44. The van der Waals surface area contributed by atoms with Crippen molar-refractivity contribution in [3.05, 3.63) is 35.7 Å². The standard InChI is InChI=1S/C15H20BrN3/c1-4-12-7-5-6-8-13(12)15-18-17-14(9-16)19(15)10-11(2)3/h5-8,11H,4,9-10H2,1-3H3. The number of hydrogen-bond acceptors (Lipinski definition) is 2. The van der Waals surface area contributed by atoms with Crippen LogP contribution >= 0.6 is 15.9 Å². The van der Waals surface area contributed by atoms with Crippen molar-refractivity contribution in [2.75, 3.05) is 0 Å². The smallest absolute Gasteiger partial charge is 0.164 e. The number of alkyl halides is 1. The fraction of sp³-hybridized carbons (Fsp3) is 0.467. The summed E-state index contributed by atoms with van der Waals surface area (Å²) in [7, 11) is 0. The SMILES string of the molecule is CCc1ccccc1-c1nnc(CBr)n1CC(C)C. The molecule has 2 rings (SSSR count). The first-order valence-electron chi connectivity index (χ1n) is 6.73. The lowest BCUT2D eigenvalue weighted by atomic mass is 10.0. The van der Waals surface area contributed by atoms with Crippen LogP contribution in [0.25, 0.3) is 11.4 Å². The molecular weight excluding hydrogens is 302 g/mol. The van der Waals surface area contributed by atoms with E-state index in [0.29, 0.717) is 5.92 Å². The highest BCUT2D eigenvalue weighted by atomic mass is 79.9. The van der Waals surface area contributed by atoms with Crippen molar-refractivity contribution in [3.8, 4) is 11.4 Å². The van der Waals surface area contributed by atoms with Crippen molar-refractivity contribution < 1.29 is 0 Å². The molecule has 3 nitrogen and oxygen atoms in total. The highest BCUT2D eigenvalue weighted by molar-refractivity contribution is 9.08. The molecule has 1 aromatic carbocycles. The van der Waals surface area contributed by atoms with E-state index in [0.717, 1.165) is 29.9 Å². The highest BCUT2D eigenvalue weighted by Crippen LogP contribution is 2.24. The van der Waals surface area contributed by atoms with E-state index in [2.05, 4.69) is 75.7 Å². The summed E-state index contributed by atoms with van der Waals surface area (Å²) in [6, 6.07) is 8.45. The number of halogens is 1. The Morgan fingerprint density at radius 1 is 1.21 bits per heavy atom. The van der Waals surface area contributed by atoms with Gasteiger partial charge in [-0.25, -0.2) is 0 Å². The van der Waals surface area contributed by atoms with Gasteiger partial charge in [0.1, 0.15) is 5.82 Å². The van der Waals surface area contributed by atoms with Gasteiger partial charge in [0.05, 0.1) is 5.33 Å². The minimum absolute atomic E-state index is 0.571. The van der Waals surface area contributed by atoms with Crippen LogP contribution in [-0.2, 0) is 18.3 Å². The lowest BCUT2D eigenvalue weighted by molar-refractivity contribution is 0.516. The molecule has 0 fully saturated rings. The third kappa shape index (κ3) is 3.06. The number of rotatable bonds is 5. The van der Waals surface area contributed by atoms with E-state index >= 15 is 0 Å². The Labute approximate surface area is 123 Å². The number of aromatic nitrogens is 3. The van der Waals surface area contributed by atoms with Gasteiger partial charge < -0.3 is 4.57 Å². The first-order chi connectivity index (χ1) is 9.17. The van der Waals surface area contributed by atoms with E-state index in [4.69, 9.17) is 0 Å². The van der Waals surface area contributed by atoms with Crippen molar-refractivity contribution in [3.63, 3.8) is 0 Å². The van der Waals surface area contributed by atoms with Gasteiger partial charge >= 0.3 is 0 Å². The minimum atomic E-state index is 0.571. The molecule has 0 saturated carbocycles. The van der Waals surface area contributed by atoms with E-state index in [9.17, 15) is 0 Å². The lowest BCUT2D eigenvalue weighted by Gasteiger charge is -2.13. The summed E-state index contributed by atoms with van der Waals surface area (Å²) < 4.78 is 2.23. The predicted molar refractivity (Wildman–Crippen MR) is 82.3 cm³/mol. The van der Waals surface area contributed by atoms with Crippen LogP contribution in [0.15, 0.2) is 24.3 Å². The summed E-state index contributed by atoms with van der Waals surface area (Å²) in [6.45, 7) is 7.55. The van der Waals surface area contributed by atoms with Gasteiger partial charge in [-0.05, 0) is 17.9 Å². The maximum Gasteiger partial charge on any atom is 0.164 e. The first kappa shape index (κ1) is 14.3. The minimum Gasteiger partial charge on any atom is -0.310 e. The Morgan fingerprint density at radius 3 is 2.58 bits per heavy atom. The second-order valence-corrected chi connectivity index (χ2v) is 5.65. The van der Waals surface area contributed by atoms with Gasteiger partial charge in [-0.15, -0.1) is 10.2 Å². The van der Waals surface area contributed by atoms with Crippen molar-refractivity contribution in [1.82, 2.24) is 14.8 Å². The summed E-state index contributed by atoms with van der Waals surface area (Å²) in [6.07, 6.45) is 1.01.